The topological polar surface area (TPSA) is 64.6 Å². The number of ether oxygens (including phenoxy) is 2. The molecule has 0 spiro atoms. The van der Waals surface area contributed by atoms with Crippen LogP contribution in [-0.2, 0) is 9.53 Å². The van der Waals surface area contributed by atoms with Gasteiger partial charge in [-0.2, -0.15) is 0 Å². The number of aromatic nitrogens is 2. The highest BCUT2D eigenvalue weighted by atomic mass is 19.1. The predicted molar refractivity (Wildman–Crippen MR) is 88.7 cm³/mol. The van der Waals surface area contributed by atoms with E-state index in [1.807, 2.05) is 19.9 Å². The van der Waals surface area contributed by atoms with Gasteiger partial charge in [-0.3, -0.25) is 4.79 Å². The second-order valence-corrected chi connectivity index (χ2v) is 5.90. The van der Waals surface area contributed by atoms with Crippen LogP contribution in [-0.4, -0.2) is 47.1 Å². The number of amides is 1. The zero-order chi connectivity index (χ0) is 17.8. The fourth-order valence-electron chi connectivity index (χ4n) is 2.76. The van der Waals surface area contributed by atoms with E-state index in [9.17, 15) is 9.18 Å². The number of benzene rings is 1. The number of aryl methyl sites for hydroxylation is 2. The summed E-state index contributed by atoms with van der Waals surface area (Å²) in [4.78, 5) is 22.7. The lowest BCUT2D eigenvalue weighted by atomic mass is 10.1. The van der Waals surface area contributed by atoms with Gasteiger partial charge in [0.2, 0.25) is 0 Å². The number of rotatable bonds is 4. The van der Waals surface area contributed by atoms with Crippen LogP contribution in [0.25, 0.3) is 0 Å². The lowest BCUT2D eigenvalue weighted by molar-refractivity contribution is -0.141. The maximum absolute atomic E-state index is 13.6. The van der Waals surface area contributed by atoms with Crippen LogP contribution in [0.4, 0.5) is 4.39 Å². The molecule has 2 aromatic rings. The third-order valence-corrected chi connectivity index (χ3v) is 3.92. The van der Waals surface area contributed by atoms with Crippen molar-refractivity contribution in [1.82, 2.24) is 14.9 Å². The molecule has 1 amide bonds. The molecular formula is C18H20FN3O3. The Morgan fingerprint density at radius 1 is 1.36 bits per heavy atom. The minimum absolute atomic E-state index is 0.0720. The van der Waals surface area contributed by atoms with Crippen molar-refractivity contribution in [2.24, 2.45) is 0 Å². The predicted octanol–water partition coefficient (Wildman–Crippen LogP) is 2.21. The molecule has 1 fully saturated rings. The number of carbonyl (C=O) groups excluding carboxylic acids is 1. The molecule has 3 rings (SSSR count). The summed E-state index contributed by atoms with van der Waals surface area (Å²) in [6.45, 7) is 4.78. The van der Waals surface area contributed by atoms with Gasteiger partial charge in [-0.25, -0.2) is 14.4 Å². The van der Waals surface area contributed by atoms with Gasteiger partial charge < -0.3 is 14.4 Å². The highest BCUT2D eigenvalue weighted by Crippen LogP contribution is 2.22. The number of carbonyl (C=O) groups is 1. The smallest absolute Gasteiger partial charge is 0.260 e. The van der Waals surface area contributed by atoms with Gasteiger partial charge in [0.15, 0.2) is 18.2 Å². The molecule has 0 aliphatic carbocycles. The van der Waals surface area contributed by atoms with Crippen LogP contribution in [0.5, 0.6) is 5.75 Å². The van der Waals surface area contributed by atoms with Gasteiger partial charge in [-0.05, 0) is 32.0 Å². The van der Waals surface area contributed by atoms with Gasteiger partial charge in [0, 0.05) is 12.2 Å². The second kappa shape index (κ2) is 7.57. The third-order valence-electron chi connectivity index (χ3n) is 3.92. The average Bonchev–Trinajstić information content (AvgIpc) is 2.60. The summed E-state index contributed by atoms with van der Waals surface area (Å²) >= 11 is 0. The van der Waals surface area contributed by atoms with Crippen LogP contribution in [0.1, 0.15) is 23.3 Å². The van der Waals surface area contributed by atoms with Crippen molar-refractivity contribution in [2.45, 2.75) is 20.0 Å². The molecule has 0 saturated carbocycles. The number of nitrogens with zero attached hydrogens (tertiary/aromatic N) is 3. The Morgan fingerprint density at radius 2 is 2.16 bits per heavy atom. The van der Waals surface area contributed by atoms with Gasteiger partial charge in [-0.1, -0.05) is 12.1 Å². The highest BCUT2D eigenvalue weighted by Gasteiger charge is 2.27. The summed E-state index contributed by atoms with van der Waals surface area (Å²) in [6.07, 6.45) is -0.299. The van der Waals surface area contributed by atoms with Crippen LogP contribution in [0.15, 0.2) is 30.3 Å². The summed E-state index contributed by atoms with van der Waals surface area (Å²) in [7, 11) is 0. The fraction of sp³-hybridized carbons (Fsp3) is 0.389. The molecule has 1 aliphatic rings. The monoisotopic (exact) mass is 345 g/mol. The molecule has 1 aromatic heterocycles. The molecular weight excluding hydrogens is 325 g/mol. The van der Waals surface area contributed by atoms with Crippen LogP contribution >= 0.6 is 0 Å². The Hall–Kier alpha value is -2.54. The fourth-order valence-corrected chi connectivity index (χ4v) is 2.76. The molecule has 1 aliphatic heterocycles. The lowest BCUT2D eigenvalue weighted by Crippen LogP contribution is -2.44. The first-order valence-electron chi connectivity index (χ1n) is 8.12. The van der Waals surface area contributed by atoms with E-state index in [4.69, 9.17) is 9.47 Å². The van der Waals surface area contributed by atoms with Gasteiger partial charge in [0.05, 0.1) is 18.8 Å². The van der Waals surface area contributed by atoms with Crippen LogP contribution in [0.3, 0.4) is 0 Å². The molecule has 1 saturated heterocycles. The van der Waals surface area contributed by atoms with Crippen molar-refractivity contribution in [3.8, 4) is 5.75 Å². The minimum atomic E-state index is -0.484. The van der Waals surface area contributed by atoms with E-state index < -0.39 is 5.82 Å². The number of halogens is 1. The van der Waals surface area contributed by atoms with Crippen molar-refractivity contribution in [2.75, 3.05) is 26.3 Å². The SMILES string of the molecule is Cc1cc(C2CN(C(=O)COc3ccccc3F)CCO2)nc(C)n1. The molecule has 1 aromatic carbocycles. The third kappa shape index (κ3) is 4.30. The van der Waals surface area contributed by atoms with Crippen LogP contribution < -0.4 is 4.74 Å². The molecule has 25 heavy (non-hydrogen) atoms. The second-order valence-electron chi connectivity index (χ2n) is 5.90. The van der Waals surface area contributed by atoms with Gasteiger partial charge in [0.25, 0.3) is 5.91 Å². The van der Waals surface area contributed by atoms with E-state index in [-0.39, 0.29) is 24.4 Å². The maximum Gasteiger partial charge on any atom is 0.260 e. The first-order valence-corrected chi connectivity index (χ1v) is 8.12. The molecule has 1 unspecified atom stereocenters. The molecule has 7 heteroatoms. The standard InChI is InChI=1S/C18H20FN3O3/c1-12-9-15(21-13(2)20-12)17-10-22(7-8-24-17)18(23)11-25-16-6-4-3-5-14(16)19/h3-6,9,17H,7-8,10-11H2,1-2H3. The van der Waals surface area contributed by atoms with Crippen molar-refractivity contribution < 1.29 is 18.7 Å². The zero-order valence-corrected chi connectivity index (χ0v) is 14.2. The molecule has 6 nitrogen and oxygen atoms in total. The number of hydrogen-bond donors (Lipinski definition) is 0. The van der Waals surface area contributed by atoms with E-state index in [1.165, 1.54) is 12.1 Å². The van der Waals surface area contributed by atoms with E-state index in [2.05, 4.69) is 9.97 Å². The van der Waals surface area contributed by atoms with E-state index in [0.717, 1.165) is 11.4 Å². The van der Waals surface area contributed by atoms with Gasteiger partial charge in [0.1, 0.15) is 11.9 Å². The van der Waals surface area contributed by atoms with Crippen LogP contribution in [0, 0.1) is 19.7 Å². The summed E-state index contributed by atoms with van der Waals surface area (Å²) in [6, 6.07) is 7.89. The van der Waals surface area contributed by atoms with Gasteiger partial charge in [-0.15, -0.1) is 0 Å². The number of hydrogen-bond acceptors (Lipinski definition) is 5. The molecule has 0 radical (unpaired) electrons. The quantitative estimate of drug-likeness (QED) is 0.850. The van der Waals surface area contributed by atoms with Crippen molar-refractivity contribution in [3.05, 3.63) is 53.4 Å². The normalized spacial score (nSPS) is 17.4. The number of para-hydroxylation sites is 1. The zero-order valence-electron chi connectivity index (χ0n) is 14.2. The van der Waals surface area contributed by atoms with Crippen molar-refractivity contribution in [1.29, 1.82) is 0 Å². The Bertz CT molecular complexity index is 749. The van der Waals surface area contributed by atoms with E-state index in [0.29, 0.717) is 25.5 Å². The molecule has 0 bridgehead atoms. The average molecular weight is 345 g/mol. The summed E-state index contributed by atoms with van der Waals surface area (Å²) in [5.41, 5.74) is 1.62. The van der Waals surface area contributed by atoms with E-state index >= 15 is 0 Å². The van der Waals surface area contributed by atoms with Crippen molar-refractivity contribution in [3.63, 3.8) is 0 Å². The minimum Gasteiger partial charge on any atom is -0.481 e. The number of morpholine rings is 1. The van der Waals surface area contributed by atoms with Crippen molar-refractivity contribution >= 4 is 5.91 Å². The summed E-state index contributed by atoms with van der Waals surface area (Å²) in [5.74, 6) is 0.0498. The molecule has 132 valence electrons. The van der Waals surface area contributed by atoms with Crippen LogP contribution in [0.2, 0.25) is 0 Å². The summed E-state index contributed by atoms with van der Waals surface area (Å²) in [5, 5.41) is 0. The first kappa shape index (κ1) is 17.3. The Kier molecular flexibility index (Phi) is 5.23. The molecule has 0 N–H and O–H groups in total. The maximum atomic E-state index is 13.6. The lowest BCUT2D eigenvalue weighted by Gasteiger charge is -2.32. The molecule has 2 heterocycles. The van der Waals surface area contributed by atoms with Gasteiger partial charge >= 0.3 is 0 Å². The Morgan fingerprint density at radius 3 is 2.92 bits per heavy atom. The van der Waals surface area contributed by atoms with E-state index in [1.54, 1.807) is 17.0 Å². The molecule has 1 atom stereocenters. The Labute approximate surface area is 145 Å². The Balaban J connectivity index is 1.62. The summed E-state index contributed by atoms with van der Waals surface area (Å²) < 4.78 is 24.6. The first-order chi connectivity index (χ1) is 12.0. The largest absolute Gasteiger partial charge is 0.481 e. The highest BCUT2D eigenvalue weighted by molar-refractivity contribution is 5.78.